The standard InChI is InChI=1S/C21H32N4O3/c1-16-11-17(2)14-24(13-16)21(26)15-22-7-9-23(10-8-22)18(3)19-5-4-6-20(12-19)25(27)28/h4-6,12,16-18H,7-11,13-15H2,1-3H3. The first-order valence-corrected chi connectivity index (χ1v) is 10.3. The first kappa shape index (κ1) is 20.7. The Labute approximate surface area is 167 Å². The average Bonchev–Trinajstić information content (AvgIpc) is 2.67. The molecular weight excluding hydrogens is 356 g/mol. The lowest BCUT2D eigenvalue weighted by Crippen LogP contribution is -2.52. The molecule has 7 nitrogen and oxygen atoms in total. The molecule has 1 amide bonds. The molecule has 2 aliphatic rings. The van der Waals surface area contributed by atoms with E-state index in [9.17, 15) is 14.9 Å². The minimum absolute atomic E-state index is 0.126. The van der Waals surface area contributed by atoms with Gasteiger partial charge in [-0.3, -0.25) is 24.7 Å². The van der Waals surface area contributed by atoms with Crippen LogP contribution in [0.15, 0.2) is 24.3 Å². The molecule has 154 valence electrons. The van der Waals surface area contributed by atoms with E-state index in [0.29, 0.717) is 18.4 Å². The predicted octanol–water partition coefficient (Wildman–Crippen LogP) is 2.78. The molecule has 3 atom stereocenters. The predicted molar refractivity (Wildman–Crippen MR) is 109 cm³/mol. The zero-order chi connectivity index (χ0) is 20.3. The molecule has 2 aliphatic heterocycles. The van der Waals surface area contributed by atoms with Gasteiger partial charge in [-0.2, -0.15) is 0 Å². The monoisotopic (exact) mass is 388 g/mol. The highest BCUT2D eigenvalue weighted by atomic mass is 16.6. The number of amides is 1. The van der Waals surface area contributed by atoms with Crippen LogP contribution in [0.4, 0.5) is 5.69 Å². The Morgan fingerprint density at radius 1 is 1.18 bits per heavy atom. The van der Waals surface area contributed by atoms with E-state index in [1.807, 2.05) is 11.0 Å². The van der Waals surface area contributed by atoms with Gasteiger partial charge in [0.1, 0.15) is 0 Å². The number of nitrogens with zero attached hydrogens (tertiary/aromatic N) is 4. The van der Waals surface area contributed by atoms with Gasteiger partial charge in [0.25, 0.3) is 5.69 Å². The number of nitro groups is 1. The van der Waals surface area contributed by atoms with Crippen molar-refractivity contribution in [2.45, 2.75) is 33.2 Å². The molecule has 0 radical (unpaired) electrons. The minimum Gasteiger partial charge on any atom is -0.341 e. The third kappa shape index (κ3) is 5.08. The molecule has 1 aromatic carbocycles. The number of nitro benzene ring substituents is 1. The molecule has 3 rings (SSSR count). The van der Waals surface area contributed by atoms with Gasteiger partial charge in [0.2, 0.25) is 5.91 Å². The molecule has 28 heavy (non-hydrogen) atoms. The van der Waals surface area contributed by atoms with Crippen LogP contribution in [-0.4, -0.2) is 71.3 Å². The fraction of sp³-hybridized carbons (Fsp3) is 0.667. The van der Waals surface area contributed by atoms with Crippen LogP contribution < -0.4 is 0 Å². The van der Waals surface area contributed by atoms with Gasteiger partial charge in [0.15, 0.2) is 0 Å². The fourth-order valence-corrected chi connectivity index (χ4v) is 4.58. The largest absolute Gasteiger partial charge is 0.341 e. The fourth-order valence-electron chi connectivity index (χ4n) is 4.58. The van der Waals surface area contributed by atoms with Crippen LogP contribution in [0.3, 0.4) is 0 Å². The number of hydrogen-bond acceptors (Lipinski definition) is 5. The number of piperazine rings is 1. The van der Waals surface area contributed by atoms with E-state index in [1.54, 1.807) is 12.1 Å². The van der Waals surface area contributed by atoms with Crippen molar-refractivity contribution < 1.29 is 9.72 Å². The molecule has 0 aliphatic carbocycles. The Bertz CT molecular complexity index is 693. The summed E-state index contributed by atoms with van der Waals surface area (Å²) in [4.78, 5) is 30.0. The summed E-state index contributed by atoms with van der Waals surface area (Å²) in [6.07, 6.45) is 1.21. The summed E-state index contributed by atoms with van der Waals surface area (Å²) in [5.41, 5.74) is 1.11. The van der Waals surface area contributed by atoms with Crippen molar-refractivity contribution in [2.24, 2.45) is 11.8 Å². The van der Waals surface area contributed by atoms with Crippen LogP contribution in [0, 0.1) is 22.0 Å². The second-order valence-electron chi connectivity index (χ2n) is 8.58. The summed E-state index contributed by atoms with van der Waals surface area (Å²) in [6, 6.07) is 7.02. The van der Waals surface area contributed by atoms with E-state index in [1.165, 1.54) is 12.5 Å². The second kappa shape index (κ2) is 9.01. The third-order valence-corrected chi connectivity index (χ3v) is 6.10. The summed E-state index contributed by atoms with van der Waals surface area (Å²) in [6.45, 7) is 12.2. The van der Waals surface area contributed by atoms with E-state index in [2.05, 4.69) is 30.6 Å². The van der Waals surface area contributed by atoms with Gasteiger partial charge < -0.3 is 4.90 Å². The van der Waals surface area contributed by atoms with Crippen LogP contribution >= 0.6 is 0 Å². The molecule has 1 aromatic rings. The molecule has 2 heterocycles. The summed E-state index contributed by atoms with van der Waals surface area (Å²) < 4.78 is 0. The number of likely N-dealkylation sites (tertiary alicyclic amines) is 1. The van der Waals surface area contributed by atoms with Crippen molar-refractivity contribution in [2.75, 3.05) is 45.8 Å². The van der Waals surface area contributed by atoms with Crippen molar-refractivity contribution in [3.63, 3.8) is 0 Å². The summed E-state index contributed by atoms with van der Waals surface area (Å²) >= 11 is 0. The summed E-state index contributed by atoms with van der Waals surface area (Å²) in [5.74, 6) is 1.42. The van der Waals surface area contributed by atoms with Crippen LogP contribution in [0.25, 0.3) is 0 Å². The Morgan fingerprint density at radius 3 is 2.43 bits per heavy atom. The summed E-state index contributed by atoms with van der Waals surface area (Å²) in [5, 5.41) is 11.0. The van der Waals surface area contributed by atoms with Gasteiger partial charge >= 0.3 is 0 Å². The zero-order valence-electron chi connectivity index (χ0n) is 17.2. The van der Waals surface area contributed by atoms with Crippen LogP contribution in [0.2, 0.25) is 0 Å². The molecule has 2 fully saturated rings. The normalized spacial score (nSPS) is 25.5. The SMILES string of the molecule is CC1CC(C)CN(C(=O)CN2CCN(C(C)c3cccc([N+](=O)[O-])c3)CC2)C1. The van der Waals surface area contributed by atoms with E-state index < -0.39 is 0 Å². The van der Waals surface area contributed by atoms with Gasteiger partial charge in [0.05, 0.1) is 11.5 Å². The average molecular weight is 389 g/mol. The van der Waals surface area contributed by atoms with Crippen molar-refractivity contribution in [3.05, 3.63) is 39.9 Å². The van der Waals surface area contributed by atoms with Crippen LogP contribution in [-0.2, 0) is 4.79 Å². The molecule has 0 N–H and O–H groups in total. The number of piperidine rings is 1. The lowest BCUT2D eigenvalue weighted by Gasteiger charge is -2.40. The van der Waals surface area contributed by atoms with Gasteiger partial charge in [-0.05, 0) is 30.7 Å². The Hall–Kier alpha value is -1.99. The molecule has 7 heteroatoms. The minimum atomic E-state index is -0.345. The smallest absolute Gasteiger partial charge is 0.269 e. The van der Waals surface area contributed by atoms with E-state index in [0.717, 1.165) is 44.8 Å². The van der Waals surface area contributed by atoms with Gasteiger partial charge in [-0.1, -0.05) is 26.0 Å². The highest BCUT2D eigenvalue weighted by Gasteiger charge is 2.28. The van der Waals surface area contributed by atoms with Gasteiger partial charge in [0, 0.05) is 57.4 Å². The van der Waals surface area contributed by atoms with Crippen molar-refractivity contribution in [1.29, 1.82) is 0 Å². The van der Waals surface area contributed by atoms with E-state index in [-0.39, 0.29) is 22.6 Å². The highest BCUT2D eigenvalue weighted by molar-refractivity contribution is 5.78. The number of rotatable bonds is 5. The third-order valence-electron chi connectivity index (χ3n) is 6.10. The molecule has 0 saturated carbocycles. The zero-order valence-corrected chi connectivity index (χ0v) is 17.2. The molecule has 0 bridgehead atoms. The Morgan fingerprint density at radius 2 is 1.82 bits per heavy atom. The lowest BCUT2D eigenvalue weighted by molar-refractivity contribution is -0.385. The maximum Gasteiger partial charge on any atom is 0.269 e. The Kier molecular flexibility index (Phi) is 6.67. The van der Waals surface area contributed by atoms with E-state index >= 15 is 0 Å². The van der Waals surface area contributed by atoms with E-state index in [4.69, 9.17) is 0 Å². The first-order chi connectivity index (χ1) is 13.3. The maximum absolute atomic E-state index is 12.7. The number of carbonyl (C=O) groups excluding carboxylic acids is 1. The summed E-state index contributed by atoms with van der Waals surface area (Å²) in [7, 11) is 0. The molecular formula is C21H32N4O3. The Balaban J connectivity index is 1.51. The molecule has 0 spiro atoms. The van der Waals surface area contributed by atoms with Crippen LogP contribution in [0.5, 0.6) is 0 Å². The molecule has 0 aromatic heterocycles. The van der Waals surface area contributed by atoms with Gasteiger partial charge in [-0.25, -0.2) is 0 Å². The number of carbonyl (C=O) groups is 1. The number of benzene rings is 1. The van der Waals surface area contributed by atoms with Gasteiger partial charge in [-0.15, -0.1) is 0 Å². The van der Waals surface area contributed by atoms with Crippen molar-refractivity contribution in [1.82, 2.24) is 14.7 Å². The lowest BCUT2D eigenvalue weighted by atomic mass is 9.92. The van der Waals surface area contributed by atoms with Crippen molar-refractivity contribution in [3.8, 4) is 0 Å². The van der Waals surface area contributed by atoms with Crippen LogP contribution in [0.1, 0.15) is 38.8 Å². The highest BCUT2D eigenvalue weighted by Crippen LogP contribution is 2.25. The quantitative estimate of drug-likeness (QED) is 0.573. The molecule has 2 saturated heterocycles. The van der Waals surface area contributed by atoms with Crippen molar-refractivity contribution >= 4 is 11.6 Å². The topological polar surface area (TPSA) is 69.9 Å². The number of hydrogen-bond donors (Lipinski definition) is 0. The number of non-ortho nitro benzene ring substituents is 1. The second-order valence-corrected chi connectivity index (χ2v) is 8.58. The maximum atomic E-state index is 12.7. The first-order valence-electron chi connectivity index (χ1n) is 10.3. The molecule has 3 unspecified atom stereocenters.